The molecule has 2 aromatic heterocycles. The number of hydrogen-bond donors (Lipinski definition) is 1. The standard InChI is InChI=1S/C9H10BrN5/c1-6-4-12-3-2-7(6)5-15-8(10)13-9(11)14-15/h2-4H,5H2,1H3,(H2,11,14). The van der Waals surface area contributed by atoms with Crippen molar-refractivity contribution in [2.24, 2.45) is 0 Å². The minimum atomic E-state index is 0.272. The molecule has 0 fully saturated rings. The van der Waals surface area contributed by atoms with E-state index in [9.17, 15) is 0 Å². The van der Waals surface area contributed by atoms with Crippen LogP contribution in [0.2, 0.25) is 0 Å². The number of aryl methyl sites for hydroxylation is 1. The van der Waals surface area contributed by atoms with Gasteiger partial charge in [-0.15, -0.1) is 5.10 Å². The molecule has 2 N–H and O–H groups in total. The van der Waals surface area contributed by atoms with Crippen molar-refractivity contribution in [1.82, 2.24) is 19.7 Å². The third-order valence-electron chi connectivity index (χ3n) is 2.10. The number of halogens is 1. The molecule has 0 aliphatic rings. The fourth-order valence-electron chi connectivity index (χ4n) is 1.28. The average Bonchev–Trinajstić information content (AvgIpc) is 2.49. The van der Waals surface area contributed by atoms with Crippen molar-refractivity contribution in [1.29, 1.82) is 0 Å². The van der Waals surface area contributed by atoms with Gasteiger partial charge in [-0.2, -0.15) is 4.98 Å². The maximum atomic E-state index is 5.49. The highest BCUT2D eigenvalue weighted by molar-refractivity contribution is 9.10. The van der Waals surface area contributed by atoms with Crippen LogP contribution in [0.3, 0.4) is 0 Å². The predicted octanol–water partition coefficient (Wildman–Crippen LogP) is 1.37. The first-order valence-electron chi connectivity index (χ1n) is 4.42. The van der Waals surface area contributed by atoms with E-state index < -0.39 is 0 Å². The molecule has 0 bridgehead atoms. The third kappa shape index (κ3) is 2.15. The summed E-state index contributed by atoms with van der Waals surface area (Å²) in [6.45, 7) is 2.65. The van der Waals surface area contributed by atoms with Gasteiger partial charge in [-0.25, -0.2) is 4.68 Å². The molecular formula is C9H10BrN5. The van der Waals surface area contributed by atoms with Crippen LogP contribution in [0.5, 0.6) is 0 Å². The largest absolute Gasteiger partial charge is 0.366 e. The molecular weight excluding hydrogens is 258 g/mol. The van der Waals surface area contributed by atoms with Crippen molar-refractivity contribution in [3.8, 4) is 0 Å². The van der Waals surface area contributed by atoms with Crippen LogP contribution in [0.15, 0.2) is 23.2 Å². The second-order valence-electron chi connectivity index (χ2n) is 3.20. The number of anilines is 1. The van der Waals surface area contributed by atoms with E-state index in [2.05, 4.69) is 31.0 Å². The van der Waals surface area contributed by atoms with E-state index in [0.717, 1.165) is 11.1 Å². The average molecular weight is 268 g/mol. The molecule has 0 amide bonds. The van der Waals surface area contributed by atoms with Crippen molar-refractivity contribution in [2.75, 3.05) is 5.73 Å². The first kappa shape index (κ1) is 10.1. The molecule has 0 radical (unpaired) electrons. The van der Waals surface area contributed by atoms with Crippen LogP contribution in [0.25, 0.3) is 0 Å². The van der Waals surface area contributed by atoms with Crippen LogP contribution in [0, 0.1) is 6.92 Å². The summed E-state index contributed by atoms with van der Waals surface area (Å²) in [6, 6.07) is 1.96. The fourth-order valence-corrected chi connectivity index (χ4v) is 1.67. The van der Waals surface area contributed by atoms with Crippen molar-refractivity contribution in [3.05, 3.63) is 34.3 Å². The van der Waals surface area contributed by atoms with Crippen LogP contribution in [0.4, 0.5) is 5.95 Å². The maximum Gasteiger partial charge on any atom is 0.240 e. The highest BCUT2D eigenvalue weighted by Crippen LogP contribution is 2.12. The maximum absolute atomic E-state index is 5.49. The molecule has 0 aliphatic carbocycles. The van der Waals surface area contributed by atoms with Gasteiger partial charge in [0.15, 0.2) is 4.73 Å². The van der Waals surface area contributed by atoms with Gasteiger partial charge in [0, 0.05) is 12.4 Å². The molecule has 2 heterocycles. The van der Waals surface area contributed by atoms with Gasteiger partial charge in [-0.1, -0.05) is 0 Å². The van der Waals surface area contributed by atoms with E-state index in [1.807, 2.05) is 19.2 Å². The zero-order valence-electron chi connectivity index (χ0n) is 8.18. The Morgan fingerprint density at radius 1 is 1.53 bits per heavy atom. The number of nitrogens with zero attached hydrogens (tertiary/aromatic N) is 4. The molecule has 0 aromatic carbocycles. The Morgan fingerprint density at radius 2 is 2.33 bits per heavy atom. The van der Waals surface area contributed by atoms with Crippen molar-refractivity contribution in [2.45, 2.75) is 13.5 Å². The topological polar surface area (TPSA) is 69.6 Å². The smallest absolute Gasteiger partial charge is 0.240 e. The van der Waals surface area contributed by atoms with E-state index in [4.69, 9.17) is 5.73 Å². The number of rotatable bonds is 2. The van der Waals surface area contributed by atoms with Gasteiger partial charge in [0.25, 0.3) is 0 Å². The van der Waals surface area contributed by atoms with E-state index in [1.165, 1.54) is 0 Å². The molecule has 0 spiro atoms. The van der Waals surface area contributed by atoms with Crippen molar-refractivity contribution in [3.63, 3.8) is 0 Å². The van der Waals surface area contributed by atoms with Crippen molar-refractivity contribution >= 4 is 21.9 Å². The molecule has 2 aromatic rings. The second-order valence-corrected chi connectivity index (χ2v) is 3.91. The number of aromatic nitrogens is 4. The van der Waals surface area contributed by atoms with Gasteiger partial charge < -0.3 is 5.73 Å². The second kappa shape index (κ2) is 3.98. The molecule has 0 saturated carbocycles. The van der Waals surface area contributed by atoms with Crippen LogP contribution in [0.1, 0.15) is 11.1 Å². The molecule has 0 unspecified atom stereocenters. The summed E-state index contributed by atoms with van der Waals surface area (Å²) in [4.78, 5) is 8.00. The van der Waals surface area contributed by atoms with Crippen LogP contribution < -0.4 is 5.73 Å². The quantitative estimate of drug-likeness (QED) is 0.893. The monoisotopic (exact) mass is 267 g/mol. The highest BCUT2D eigenvalue weighted by atomic mass is 79.9. The number of nitrogen functional groups attached to an aromatic ring is 1. The lowest BCUT2D eigenvalue weighted by Gasteiger charge is -2.04. The minimum Gasteiger partial charge on any atom is -0.366 e. The van der Waals surface area contributed by atoms with Crippen LogP contribution >= 0.6 is 15.9 Å². The zero-order chi connectivity index (χ0) is 10.8. The SMILES string of the molecule is Cc1cnccc1Cn1nc(N)nc1Br. The van der Waals surface area contributed by atoms with Gasteiger partial charge in [0.2, 0.25) is 5.95 Å². The van der Waals surface area contributed by atoms with E-state index in [-0.39, 0.29) is 5.95 Å². The molecule has 0 saturated heterocycles. The van der Waals surface area contributed by atoms with Crippen LogP contribution in [-0.2, 0) is 6.54 Å². The summed E-state index contributed by atoms with van der Waals surface area (Å²) in [5.74, 6) is 0.272. The summed E-state index contributed by atoms with van der Waals surface area (Å²) >= 11 is 3.29. The van der Waals surface area contributed by atoms with Gasteiger partial charge in [-0.05, 0) is 40.0 Å². The normalized spacial score (nSPS) is 10.5. The summed E-state index contributed by atoms with van der Waals surface area (Å²) in [5, 5.41) is 4.06. The first-order chi connectivity index (χ1) is 7.16. The molecule has 5 nitrogen and oxygen atoms in total. The Morgan fingerprint density at radius 3 is 2.93 bits per heavy atom. The lowest BCUT2D eigenvalue weighted by atomic mass is 10.2. The fraction of sp³-hybridized carbons (Fsp3) is 0.222. The Bertz CT molecular complexity index is 479. The van der Waals surface area contributed by atoms with E-state index >= 15 is 0 Å². The summed E-state index contributed by atoms with van der Waals surface area (Å²) < 4.78 is 2.34. The van der Waals surface area contributed by atoms with Gasteiger partial charge >= 0.3 is 0 Å². The first-order valence-corrected chi connectivity index (χ1v) is 5.21. The lowest BCUT2D eigenvalue weighted by Crippen LogP contribution is -2.04. The molecule has 78 valence electrons. The van der Waals surface area contributed by atoms with E-state index in [1.54, 1.807) is 10.9 Å². The molecule has 0 atom stereocenters. The lowest BCUT2D eigenvalue weighted by molar-refractivity contribution is 0.666. The zero-order valence-corrected chi connectivity index (χ0v) is 9.77. The number of hydrogen-bond acceptors (Lipinski definition) is 4. The summed E-state index contributed by atoms with van der Waals surface area (Å²) in [5.41, 5.74) is 7.76. The Labute approximate surface area is 95.5 Å². The predicted molar refractivity (Wildman–Crippen MR) is 60.2 cm³/mol. The van der Waals surface area contributed by atoms with E-state index in [0.29, 0.717) is 11.3 Å². The highest BCUT2D eigenvalue weighted by Gasteiger charge is 2.06. The third-order valence-corrected chi connectivity index (χ3v) is 2.69. The Hall–Kier alpha value is -1.43. The van der Waals surface area contributed by atoms with Gasteiger partial charge in [-0.3, -0.25) is 4.98 Å². The van der Waals surface area contributed by atoms with Gasteiger partial charge in [0.1, 0.15) is 0 Å². The Kier molecular flexibility index (Phi) is 2.68. The Balaban J connectivity index is 2.29. The molecule has 2 rings (SSSR count). The van der Waals surface area contributed by atoms with Crippen LogP contribution in [-0.4, -0.2) is 19.7 Å². The van der Waals surface area contributed by atoms with Gasteiger partial charge in [0.05, 0.1) is 6.54 Å². The number of pyridine rings is 1. The molecule has 0 aliphatic heterocycles. The molecule has 6 heteroatoms. The molecule has 15 heavy (non-hydrogen) atoms. The van der Waals surface area contributed by atoms with Crippen molar-refractivity contribution < 1.29 is 0 Å². The minimum absolute atomic E-state index is 0.272. The summed E-state index contributed by atoms with van der Waals surface area (Å²) in [6.07, 6.45) is 3.58. The summed E-state index contributed by atoms with van der Waals surface area (Å²) in [7, 11) is 0. The number of nitrogens with two attached hydrogens (primary N) is 1.